The van der Waals surface area contributed by atoms with Gasteiger partial charge in [-0.1, -0.05) is 27.7 Å². The fraction of sp³-hybridized carbons (Fsp3) is 1.00. The van der Waals surface area contributed by atoms with Gasteiger partial charge in [-0.05, 0) is 18.4 Å². The molecule has 0 aromatic rings. The van der Waals surface area contributed by atoms with Crippen molar-refractivity contribution in [3.63, 3.8) is 0 Å². The first-order valence-electron chi connectivity index (χ1n) is 4.85. The highest BCUT2D eigenvalue weighted by atomic mass is 16.5. The summed E-state index contributed by atoms with van der Waals surface area (Å²) in [5.41, 5.74) is 0.401. The molecule has 74 valence electrons. The second kappa shape index (κ2) is 6.44. The Morgan fingerprint density at radius 3 is 2.33 bits per heavy atom. The van der Waals surface area contributed by atoms with Crippen molar-refractivity contribution in [2.45, 2.75) is 34.1 Å². The quantitative estimate of drug-likeness (QED) is 0.621. The number of ether oxygens (including phenoxy) is 1. The maximum Gasteiger partial charge on any atom is 0.0590 e. The van der Waals surface area contributed by atoms with Crippen LogP contribution in [-0.2, 0) is 4.74 Å². The van der Waals surface area contributed by atoms with Gasteiger partial charge in [0.25, 0.3) is 0 Å². The molecule has 0 heterocycles. The standard InChI is InChI=1S/C10H23NO/c1-5-11-7-9-12-8-6-10(2,3)4/h11H,5-9H2,1-4H3. The second-order valence-corrected chi connectivity index (χ2v) is 4.28. The van der Waals surface area contributed by atoms with Crippen LogP contribution in [0.25, 0.3) is 0 Å². The summed E-state index contributed by atoms with van der Waals surface area (Å²) in [7, 11) is 0. The van der Waals surface area contributed by atoms with Crippen molar-refractivity contribution in [2.75, 3.05) is 26.3 Å². The Balaban J connectivity index is 3.01. The average molecular weight is 173 g/mol. The SMILES string of the molecule is CCNCCOCCC(C)(C)C. The van der Waals surface area contributed by atoms with E-state index in [0.29, 0.717) is 5.41 Å². The molecule has 0 unspecified atom stereocenters. The lowest BCUT2D eigenvalue weighted by Gasteiger charge is -2.17. The molecule has 0 aliphatic heterocycles. The van der Waals surface area contributed by atoms with E-state index >= 15 is 0 Å². The molecule has 0 fully saturated rings. The molecule has 1 N–H and O–H groups in total. The van der Waals surface area contributed by atoms with Crippen molar-refractivity contribution >= 4 is 0 Å². The zero-order valence-corrected chi connectivity index (χ0v) is 8.94. The number of hydrogen-bond acceptors (Lipinski definition) is 2. The van der Waals surface area contributed by atoms with Crippen molar-refractivity contribution in [3.05, 3.63) is 0 Å². The van der Waals surface area contributed by atoms with Gasteiger partial charge in [0.1, 0.15) is 0 Å². The maximum absolute atomic E-state index is 5.45. The number of rotatable bonds is 6. The number of likely N-dealkylation sites (N-methyl/N-ethyl adjacent to an activating group) is 1. The molecular formula is C10H23NO. The van der Waals surface area contributed by atoms with E-state index in [1.807, 2.05) is 0 Å². The van der Waals surface area contributed by atoms with Gasteiger partial charge < -0.3 is 10.1 Å². The molecule has 0 rings (SSSR count). The highest BCUT2D eigenvalue weighted by Gasteiger charge is 2.08. The summed E-state index contributed by atoms with van der Waals surface area (Å²) in [6, 6.07) is 0. The van der Waals surface area contributed by atoms with Crippen LogP contribution in [0.2, 0.25) is 0 Å². The molecule has 0 spiro atoms. The first-order chi connectivity index (χ1) is 5.56. The molecule has 12 heavy (non-hydrogen) atoms. The minimum Gasteiger partial charge on any atom is -0.380 e. The topological polar surface area (TPSA) is 21.3 Å². The summed E-state index contributed by atoms with van der Waals surface area (Å²) >= 11 is 0. The summed E-state index contributed by atoms with van der Waals surface area (Å²) in [5, 5.41) is 3.22. The van der Waals surface area contributed by atoms with Crippen LogP contribution in [0, 0.1) is 5.41 Å². The molecule has 0 saturated heterocycles. The largest absolute Gasteiger partial charge is 0.380 e. The molecular weight excluding hydrogens is 150 g/mol. The van der Waals surface area contributed by atoms with E-state index in [-0.39, 0.29) is 0 Å². The third-order valence-electron chi connectivity index (χ3n) is 1.67. The highest BCUT2D eigenvalue weighted by molar-refractivity contribution is 4.59. The van der Waals surface area contributed by atoms with Crippen molar-refractivity contribution in [1.29, 1.82) is 0 Å². The molecule has 0 amide bonds. The van der Waals surface area contributed by atoms with Crippen molar-refractivity contribution in [2.24, 2.45) is 5.41 Å². The fourth-order valence-corrected chi connectivity index (χ4v) is 0.802. The first kappa shape index (κ1) is 11.9. The Morgan fingerprint density at radius 1 is 1.17 bits per heavy atom. The molecule has 0 radical (unpaired) electrons. The lowest BCUT2D eigenvalue weighted by Crippen LogP contribution is -2.20. The third kappa shape index (κ3) is 9.92. The Hall–Kier alpha value is -0.0800. The van der Waals surface area contributed by atoms with Crippen LogP contribution in [0.15, 0.2) is 0 Å². The van der Waals surface area contributed by atoms with Gasteiger partial charge in [-0.15, -0.1) is 0 Å². The summed E-state index contributed by atoms with van der Waals surface area (Å²) < 4.78 is 5.45. The normalized spacial score (nSPS) is 12.0. The third-order valence-corrected chi connectivity index (χ3v) is 1.67. The van der Waals surface area contributed by atoms with Gasteiger partial charge in [0, 0.05) is 13.2 Å². The first-order valence-corrected chi connectivity index (χ1v) is 4.85. The fourth-order valence-electron chi connectivity index (χ4n) is 0.802. The predicted octanol–water partition coefficient (Wildman–Crippen LogP) is 2.05. The molecule has 0 aromatic carbocycles. The Morgan fingerprint density at radius 2 is 1.83 bits per heavy atom. The van der Waals surface area contributed by atoms with Crippen LogP contribution in [0.1, 0.15) is 34.1 Å². The summed E-state index contributed by atoms with van der Waals surface area (Å²) in [6.45, 7) is 12.5. The predicted molar refractivity (Wildman–Crippen MR) is 53.4 cm³/mol. The molecule has 0 aliphatic carbocycles. The summed E-state index contributed by atoms with van der Waals surface area (Å²) in [5.74, 6) is 0. The van der Waals surface area contributed by atoms with Gasteiger partial charge in [-0.25, -0.2) is 0 Å². The molecule has 2 heteroatoms. The van der Waals surface area contributed by atoms with Crippen molar-refractivity contribution < 1.29 is 4.74 Å². The van der Waals surface area contributed by atoms with Crippen LogP contribution in [0.3, 0.4) is 0 Å². The maximum atomic E-state index is 5.45. The minimum atomic E-state index is 0.401. The number of hydrogen-bond donors (Lipinski definition) is 1. The van der Waals surface area contributed by atoms with Gasteiger partial charge in [0.15, 0.2) is 0 Å². The van der Waals surface area contributed by atoms with Gasteiger partial charge in [0.05, 0.1) is 6.61 Å². The van der Waals surface area contributed by atoms with Crippen LogP contribution in [0.4, 0.5) is 0 Å². The highest BCUT2D eigenvalue weighted by Crippen LogP contribution is 2.17. The Labute approximate surface area is 76.7 Å². The van der Waals surface area contributed by atoms with Crippen molar-refractivity contribution in [1.82, 2.24) is 5.32 Å². The molecule has 0 aliphatic rings. The van der Waals surface area contributed by atoms with Crippen LogP contribution >= 0.6 is 0 Å². The van der Waals surface area contributed by atoms with Crippen LogP contribution < -0.4 is 5.32 Å². The van der Waals surface area contributed by atoms with E-state index in [2.05, 4.69) is 33.0 Å². The lowest BCUT2D eigenvalue weighted by atomic mass is 9.93. The zero-order chi connectivity index (χ0) is 9.45. The average Bonchev–Trinajstić information content (AvgIpc) is 1.94. The Kier molecular flexibility index (Phi) is 6.39. The second-order valence-electron chi connectivity index (χ2n) is 4.28. The van der Waals surface area contributed by atoms with Gasteiger partial charge in [0.2, 0.25) is 0 Å². The monoisotopic (exact) mass is 173 g/mol. The van der Waals surface area contributed by atoms with Crippen LogP contribution in [-0.4, -0.2) is 26.3 Å². The number of nitrogens with one attached hydrogen (secondary N) is 1. The molecule has 0 atom stereocenters. The van der Waals surface area contributed by atoms with E-state index < -0.39 is 0 Å². The smallest absolute Gasteiger partial charge is 0.0590 e. The summed E-state index contributed by atoms with van der Waals surface area (Å²) in [6.07, 6.45) is 1.14. The minimum absolute atomic E-state index is 0.401. The van der Waals surface area contributed by atoms with Crippen molar-refractivity contribution in [3.8, 4) is 0 Å². The molecule has 0 bridgehead atoms. The van der Waals surface area contributed by atoms with Crippen LogP contribution in [0.5, 0.6) is 0 Å². The lowest BCUT2D eigenvalue weighted by molar-refractivity contribution is 0.110. The van der Waals surface area contributed by atoms with E-state index in [0.717, 1.165) is 32.7 Å². The van der Waals surface area contributed by atoms with Gasteiger partial charge >= 0.3 is 0 Å². The van der Waals surface area contributed by atoms with E-state index in [9.17, 15) is 0 Å². The summed E-state index contributed by atoms with van der Waals surface area (Å²) in [4.78, 5) is 0. The van der Waals surface area contributed by atoms with E-state index in [1.165, 1.54) is 0 Å². The Bertz CT molecular complexity index is 96.5. The van der Waals surface area contributed by atoms with Gasteiger partial charge in [-0.3, -0.25) is 0 Å². The van der Waals surface area contributed by atoms with E-state index in [4.69, 9.17) is 4.74 Å². The molecule has 2 nitrogen and oxygen atoms in total. The molecule has 0 saturated carbocycles. The molecule has 0 aromatic heterocycles. The van der Waals surface area contributed by atoms with Gasteiger partial charge in [-0.2, -0.15) is 0 Å². The van der Waals surface area contributed by atoms with E-state index in [1.54, 1.807) is 0 Å². The zero-order valence-electron chi connectivity index (χ0n) is 8.94.